The summed E-state index contributed by atoms with van der Waals surface area (Å²) in [5, 5.41) is 13.5. The molecule has 0 aliphatic heterocycles. The molecule has 2 rings (SSSR count). The Kier molecular flexibility index (Phi) is 5.97. The van der Waals surface area contributed by atoms with Gasteiger partial charge in [0.05, 0.1) is 23.4 Å². The number of thiophene rings is 1. The summed E-state index contributed by atoms with van der Waals surface area (Å²) >= 11 is 0.869. The van der Waals surface area contributed by atoms with Crippen LogP contribution in [-0.4, -0.2) is 34.1 Å². The lowest BCUT2D eigenvalue weighted by Gasteiger charge is -2.06. The second kappa shape index (κ2) is 8.01. The molecule has 0 radical (unpaired) electrons. The fourth-order valence-electron chi connectivity index (χ4n) is 2.51. The number of carbonyl (C=O) groups excluding carboxylic acids is 3. The van der Waals surface area contributed by atoms with Crippen LogP contribution >= 0.6 is 11.3 Å². The van der Waals surface area contributed by atoms with Gasteiger partial charge in [0.25, 0.3) is 5.78 Å². The molecule has 0 unspecified atom stereocenters. The van der Waals surface area contributed by atoms with Crippen LogP contribution in [0.25, 0.3) is 0 Å². The zero-order valence-electron chi connectivity index (χ0n) is 15.3. The lowest BCUT2D eigenvalue weighted by molar-refractivity contribution is -0.139. The summed E-state index contributed by atoms with van der Waals surface area (Å²) in [6.45, 7) is 4.59. The second-order valence-electron chi connectivity index (χ2n) is 5.56. The van der Waals surface area contributed by atoms with E-state index in [9.17, 15) is 19.6 Å². The maximum absolute atomic E-state index is 12.4. The average molecular weight is 390 g/mol. The van der Waals surface area contributed by atoms with Crippen LogP contribution < -0.4 is 5.73 Å². The minimum absolute atomic E-state index is 0.0250. The van der Waals surface area contributed by atoms with Crippen LogP contribution in [0.5, 0.6) is 0 Å². The normalized spacial score (nSPS) is 10.3. The molecule has 2 aromatic heterocycles. The second-order valence-corrected chi connectivity index (χ2v) is 6.61. The summed E-state index contributed by atoms with van der Waals surface area (Å²) in [5.41, 5.74) is 7.00. The van der Waals surface area contributed by atoms with Gasteiger partial charge in [-0.2, -0.15) is 10.4 Å². The van der Waals surface area contributed by atoms with Crippen LogP contribution in [0.4, 0.5) is 5.00 Å². The molecule has 27 heavy (non-hydrogen) atoms. The number of esters is 2. The minimum atomic E-state index is -1.11. The van der Waals surface area contributed by atoms with E-state index in [4.69, 9.17) is 15.2 Å². The summed E-state index contributed by atoms with van der Waals surface area (Å²) in [5.74, 6) is -2.64. The molecule has 0 aliphatic rings. The minimum Gasteiger partial charge on any atom is -0.462 e. The van der Waals surface area contributed by atoms with Gasteiger partial charge in [-0.25, -0.2) is 9.59 Å². The number of anilines is 1. The van der Waals surface area contributed by atoms with E-state index in [-0.39, 0.29) is 33.2 Å². The van der Waals surface area contributed by atoms with Crippen molar-refractivity contribution in [2.75, 3.05) is 12.3 Å². The first-order valence-corrected chi connectivity index (χ1v) is 8.74. The Morgan fingerprint density at radius 1 is 1.30 bits per heavy atom. The molecular weight excluding hydrogens is 372 g/mol. The van der Waals surface area contributed by atoms with Gasteiger partial charge in [0.15, 0.2) is 0 Å². The van der Waals surface area contributed by atoms with Gasteiger partial charge in [-0.05, 0) is 20.8 Å². The number of carbonyl (C=O) groups is 3. The smallest absolute Gasteiger partial charge is 0.380 e. The van der Waals surface area contributed by atoms with E-state index in [0.717, 1.165) is 11.3 Å². The van der Waals surface area contributed by atoms with Gasteiger partial charge in [0.2, 0.25) is 0 Å². The summed E-state index contributed by atoms with van der Waals surface area (Å²) in [6, 6.07) is 1.88. The number of Topliss-reactive ketones (excluding diaryl/α,β-unsaturated/α-hetero) is 1. The number of ether oxygens (including phenoxy) is 2. The number of nitrogen functional groups attached to an aromatic ring is 1. The fraction of sp³-hybridized carbons (Fsp3) is 0.353. The van der Waals surface area contributed by atoms with Crippen molar-refractivity contribution in [2.24, 2.45) is 7.05 Å². The molecular formula is C17H18N4O5S. The highest BCUT2D eigenvalue weighted by Crippen LogP contribution is 2.32. The molecule has 0 bridgehead atoms. The lowest BCUT2D eigenvalue weighted by atomic mass is 10.1. The predicted molar refractivity (Wildman–Crippen MR) is 96.2 cm³/mol. The van der Waals surface area contributed by atoms with Crippen molar-refractivity contribution in [1.29, 1.82) is 5.26 Å². The van der Waals surface area contributed by atoms with Gasteiger partial charge in [0, 0.05) is 18.3 Å². The van der Waals surface area contributed by atoms with Crippen LogP contribution in [0.2, 0.25) is 0 Å². The van der Waals surface area contributed by atoms with Crippen molar-refractivity contribution in [2.45, 2.75) is 27.4 Å². The highest BCUT2D eigenvalue weighted by molar-refractivity contribution is 7.18. The van der Waals surface area contributed by atoms with E-state index in [1.165, 1.54) is 4.68 Å². The van der Waals surface area contributed by atoms with Crippen LogP contribution in [-0.2, 0) is 27.9 Å². The predicted octanol–water partition coefficient (Wildman–Crippen LogP) is 1.66. The van der Waals surface area contributed by atoms with Gasteiger partial charge in [-0.3, -0.25) is 9.48 Å². The van der Waals surface area contributed by atoms with Gasteiger partial charge >= 0.3 is 11.9 Å². The monoisotopic (exact) mass is 390 g/mol. The number of nitriles is 1. The van der Waals surface area contributed by atoms with Crippen molar-refractivity contribution >= 4 is 34.1 Å². The molecule has 142 valence electrons. The zero-order chi connectivity index (χ0) is 20.3. The summed E-state index contributed by atoms with van der Waals surface area (Å²) < 4.78 is 11.5. The Hall–Kier alpha value is -3.19. The first-order chi connectivity index (χ1) is 12.7. The molecule has 0 aromatic carbocycles. The summed E-state index contributed by atoms with van der Waals surface area (Å²) in [7, 11) is 1.66. The van der Waals surface area contributed by atoms with Crippen molar-refractivity contribution < 1.29 is 23.9 Å². The molecule has 2 heterocycles. The number of nitrogens with zero attached hydrogens (tertiary/aromatic N) is 3. The Bertz CT molecular complexity index is 967. The molecule has 0 amide bonds. The number of hydrogen-bond acceptors (Lipinski definition) is 9. The largest absolute Gasteiger partial charge is 0.462 e. The molecule has 0 saturated heterocycles. The number of aromatic nitrogens is 2. The van der Waals surface area contributed by atoms with Gasteiger partial charge in [-0.1, -0.05) is 0 Å². The Balaban J connectivity index is 2.25. The van der Waals surface area contributed by atoms with E-state index >= 15 is 0 Å². The maximum atomic E-state index is 12.4. The topological polar surface area (TPSA) is 137 Å². The number of aryl methyl sites for hydroxylation is 2. The number of ketones is 1. The SMILES string of the molecule is CCOC(=O)c1sc(N)c(C#N)c1COC(=O)C(=O)c1c(C)nn(C)c1C. The van der Waals surface area contributed by atoms with E-state index in [0.29, 0.717) is 11.4 Å². The van der Waals surface area contributed by atoms with Gasteiger partial charge in [0.1, 0.15) is 22.6 Å². The van der Waals surface area contributed by atoms with Crippen LogP contribution in [0, 0.1) is 25.2 Å². The molecule has 10 heteroatoms. The summed E-state index contributed by atoms with van der Waals surface area (Å²) in [6.07, 6.45) is 0. The summed E-state index contributed by atoms with van der Waals surface area (Å²) in [4.78, 5) is 36.7. The standard InChI is InChI=1S/C17H18N4O5S/c1-5-25-17(24)14-11(10(6-18)15(19)27-14)7-26-16(23)13(22)12-8(2)20-21(4)9(12)3/h5,7,19H2,1-4H3. The van der Waals surface area contributed by atoms with Crippen molar-refractivity contribution in [1.82, 2.24) is 9.78 Å². The third-order valence-electron chi connectivity index (χ3n) is 3.88. The zero-order valence-corrected chi connectivity index (χ0v) is 16.1. The Labute approximate surface area is 159 Å². The fourth-order valence-corrected chi connectivity index (χ4v) is 3.43. The van der Waals surface area contributed by atoms with Crippen LogP contribution in [0.1, 0.15) is 49.5 Å². The molecule has 0 spiro atoms. The molecule has 2 N–H and O–H groups in total. The third kappa shape index (κ3) is 3.83. The molecule has 2 aromatic rings. The molecule has 0 fully saturated rings. The third-order valence-corrected chi connectivity index (χ3v) is 4.92. The van der Waals surface area contributed by atoms with E-state index in [1.807, 2.05) is 6.07 Å². The van der Waals surface area contributed by atoms with E-state index in [1.54, 1.807) is 27.8 Å². The quantitative estimate of drug-likeness (QED) is 0.446. The van der Waals surface area contributed by atoms with Gasteiger partial charge < -0.3 is 15.2 Å². The Morgan fingerprint density at radius 3 is 2.48 bits per heavy atom. The van der Waals surface area contributed by atoms with E-state index in [2.05, 4.69) is 5.10 Å². The lowest BCUT2D eigenvalue weighted by Crippen LogP contribution is -2.19. The van der Waals surface area contributed by atoms with Crippen molar-refractivity contribution in [3.8, 4) is 6.07 Å². The number of rotatable bonds is 6. The maximum Gasteiger partial charge on any atom is 0.380 e. The van der Waals surface area contributed by atoms with Crippen LogP contribution in [0.15, 0.2) is 0 Å². The number of nitrogens with two attached hydrogens (primary N) is 1. The van der Waals surface area contributed by atoms with Crippen molar-refractivity contribution in [3.63, 3.8) is 0 Å². The van der Waals surface area contributed by atoms with Crippen LogP contribution in [0.3, 0.4) is 0 Å². The Morgan fingerprint density at radius 2 is 1.96 bits per heavy atom. The van der Waals surface area contributed by atoms with E-state index < -0.39 is 24.3 Å². The highest BCUT2D eigenvalue weighted by atomic mass is 32.1. The molecule has 0 atom stereocenters. The molecule has 9 nitrogen and oxygen atoms in total. The average Bonchev–Trinajstić information content (AvgIpc) is 3.07. The highest BCUT2D eigenvalue weighted by Gasteiger charge is 2.28. The first-order valence-electron chi connectivity index (χ1n) is 7.92. The molecule has 0 saturated carbocycles. The first kappa shape index (κ1) is 20.1. The van der Waals surface area contributed by atoms with Crippen molar-refractivity contribution in [3.05, 3.63) is 33.0 Å². The van der Waals surface area contributed by atoms with Gasteiger partial charge in [-0.15, -0.1) is 11.3 Å². The molecule has 0 aliphatic carbocycles. The number of hydrogen-bond donors (Lipinski definition) is 1.